The molecule has 28 heavy (non-hydrogen) atoms. The summed E-state index contributed by atoms with van der Waals surface area (Å²) in [6.45, 7) is 9.08. The highest BCUT2D eigenvalue weighted by molar-refractivity contribution is 5.96. The molecule has 0 unspecified atom stereocenters. The Balaban J connectivity index is 1.36. The Morgan fingerprint density at radius 2 is 2.00 bits per heavy atom. The van der Waals surface area contributed by atoms with Gasteiger partial charge in [0.05, 0.1) is 5.69 Å². The number of piperidine rings is 1. The molecule has 0 radical (unpaired) electrons. The van der Waals surface area contributed by atoms with Gasteiger partial charge in [-0.3, -0.25) is 9.48 Å². The van der Waals surface area contributed by atoms with Gasteiger partial charge in [-0.2, -0.15) is 5.10 Å². The van der Waals surface area contributed by atoms with Gasteiger partial charge in [-0.05, 0) is 43.4 Å². The predicted molar refractivity (Wildman–Crippen MR) is 109 cm³/mol. The van der Waals surface area contributed by atoms with E-state index < -0.39 is 0 Å². The number of hydrogen-bond acceptors (Lipinski definition) is 4. The number of para-hydroxylation sites is 1. The lowest BCUT2D eigenvalue weighted by molar-refractivity contribution is 0.0939. The van der Waals surface area contributed by atoms with Gasteiger partial charge in [-0.15, -0.1) is 0 Å². The number of nitrogens with one attached hydrogen (secondary N) is 1. The molecule has 1 aromatic carbocycles. The molecule has 1 fully saturated rings. The van der Waals surface area contributed by atoms with Crippen molar-refractivity contribution >= 4 is 5.91 Å². The van der Waals surface area contributed by atoms with Crippen LogP contribution in [0.15, 0.2) is 24.3 Å². The molecule has 2 aliphatic rings. The number of nitrogens with zero attached hydrogens (tertiary/aromatic N) is 3. The van der Waals surface area contributed by atoms with Crippen LogP contribution in [0.1, 0.15) is 42.7 Å². The third-order valence-corrected chi connectivity index (χ3v) is 5.76. The average Bonchev–Trinajstić information content (AvgIpc) is 3.01. The summed E-state index contributed by atoms with van der Waals surface area (Å²) in [5, 5.41) is 7.55. The van der Waals surface area contributed by atoms with Gasteiger partial charge in [0.15, 0.2) is 5.69 Å². The van der Waals surface area contributed by atoms with Crippen LogP contribution < -0.4 is 10.1 Å². The number of hydrogen-bond donors (Lipinski definition) is 1. The van der Waals surface area contributed by atoms with Gasteiger partial charge in [-0.25, -0.2) is 0 Å². The Hall–Kier alpha value is -2.34. The highest BCUT2D eigenvalue weighted by atomic mass is 16.5. The Kier molecular flexibility index (Phi) is 5.40. The predicted octanol–water partition coefficient (Wildman–Crippen LogP) is 3.08. The molecule has 6 nitrogen and oxygen atoms in total. The van der Waals surface area contributed by atoms with Gasteiger partial charge < -0.3 is 15.0 Å². The van der Waals surface area contributed by atoms with E-state index in [2.05, 4.69) is 29.2 Å². The van der Waals surface area contributed by atoms with Crippen LogP contribution in [0.3, 0.4) is 0 Å². The van der Waals surface area contributed by atoms with E-state index in [1.54, 1.807) is 4.68 Å². The first-order valence-electron chi connectivity index (χ1n) is 10.3. The fourth-order valence-corrected chi connectivity index (χ4v) is 4.72. The van der Waals surface area contributed by atoms with Gasteiger partial charge in [0, 0.05) is 37.8 Å². The quantitative estimate of drug-likeness (QED) is 0.808. The highest BCUT2D eigenvalue weighted by Crippen LogP contribution is 2.38. The van der Waals surface area contributed by atoms with Crippen LogP contribution in [0.5, 0.6) is 5.75 Å². The zero-order valence-electron chi connectivity index (χ0n) is 17.1. The van der Waals surface area contributed by atoms with Gasteiger partial charge >= 0.3 is 0 Å². The zero-order chi connectivity index (χ0) is 19.7. The molecular weight excluding hydrogens is 352 g/mol. The number of aromatic nitrogens is 2. The Bertz CT molecular complexity index is 850. The molecule has 0 aliphatic carbocycles. The molecular formula is C22H30N4O2. The van der Waals surface area contributed by atoms with Crippen LogP contribution in [0.25, 0.3) is 11.3 Å². The Morgan fingerprint density at radius 3 is 2.79 bits per heavy atom. The molecule has 2 aromatic rings. The SMILES string of the molecule is C[C@@H]1C[C@@H](C)CN(CCCNC(=O)c2nn(C)c3c2COc2ccccc2-3)C1. The number of aryl methyl sites for hydroxylation is 1. The number of benzene rings is 1. The number of rotatable bonds is 5. The Labute approximate surface area is 166 Å². The van der Waals surface area contributed by atoms with Crippen molar-refractivity contribution in [3.8, 4) is 17.0 Å². The third-order valence-electron chi connectivity index (χ3n) is 5.76. The number of fused-ring (bicyclic) bond motifs is 3. The number of carbonyl (C=O) groups excluding carboxylic acids is 1. The molecule has 0 spiro atoms. The maximum atomic E-state index is 12.7. The van der Waals surface area contributed by atoms with Crippen LogP contribution >= 0.6 is 0 Å². The minimum Gasteiger partial charge on any atom is -0.488 e. The van der Waals surface area contributed by atoms with E-state index >= 15 is 0 Å². The first kappa shape index (κ1) is 19.0. The first-order valence-corrected chi connectivity index (χ1v) is 10.3. The lowest BCUT2D eigenvalue weighted by Gasteiger charge is -2.34. The molecule has 2 aliphatic heterocycles. The van der Waals surface area contributed by atoms with Crippen molar-refractivity contribution in [3.63, 3.8) is 0 Å². The van der Waals surface area contributed by atoms with E-state index in [1.165, 1.54) is 19.5 Å². The van der Waals surface area contributed by atoms with Crippen molar-refractivity contribution in [3.05, 3.63) is 35.5 Å². The topological polar surface area (TPSA) is 59.4 Å². The van der Waals surface area contributed by atoms with Crippen molar-refractivity contribution in [2.24, 2.45) is 18.9 Å². The summed E-state index contributed by atoms with van der Waals surface area (Å²) < 4.78 is 7.63. The molecule has 0 bridgehead atoms. The minimum atomic E-state index is -0.111. The van der Waals surface area contributed by atoms with Crippen molar-refractivity contribution in [1.29, 1.82) is 0 Å². The van der Waals surface area contributed by atoms with E-state index in [9.17, 15) is 4.79 Å². The minimum absolute atomic E-state index is 0.111. The van der Waals surface area contributed by atoms with Crippen LogP contribution in [-0.4, -0.2) is 46.8 Å². The second-order valence-corrected chi connectivity index (χ2v) is 8.40. The summed E-state index contributed by atoms with van der Waals surface area (Å²) in [6.07, 6.45) is 2.28. The molecule has 3 heterocycles. The van der Waals surface area contributed by atoms with Crippen molar-refractivity contribution in [2.75, 3.05) is 26.2 Å². The largest absolute Gasteiger partial charge is 0.488 e. The normalized spacial score (nSPS) is 21.5. The fraction of sp³-hybridized carbons (Fsp3) is 0.545. The molecule has 150 valence electrons. The zero-order valence-corrected chi connectivity index (χ0v) is 17.1. The van der Waals surface area contributed by atoms with Crippen LogP contribution in [-0.2, 0) is 13.7 Å². The van der Waals surface area contributed by atoms with Crippen molar-refractivity contribution in [2.45, 2.75) is 33.3 Å². The third kappa shape index (κ3) is 3.78. The van der Waals surface area contributed by atoms with Crippen molar-refractivity contribution in [1.82, 2.24) is 20.0 Å². The second kappa shape index (κ2) is 7.95. The van der Waals surface area contributed by atoms with E-state index in [1.807, 2.05) is 31.3 Å². The summed E-state index contributed by atoms with van der Waals surface area (Å²) in [5.41, 5.74) is 3.32. The standard InChI is InChI=1S/C22H30N4O2/c1-15-11-16(2)13-26(12-15)10-6-9-23-22(27)20-18-14-28-19-8-5-4-7-17(19)21(18)25(3)24-20/h4-5,7-8,15-16H,6,9-14H2,1-3H3,(H,23,27)/t15-,16-/m1/s1. The Morgan fingerprint density at radius 1 is 1.25 bits per heavy atom. The fourth-order valence-electron chi connectivity index (χ4n) is 4.72. The van der Waals surface area contributed by atoms with Crippen LogP contribution in [0.4, 0.5) is 0 Å². The monoisotopic (exact) mass is 382 g/mol. The van der Waals surface area contributed by atoms with Crippen LogP contribution in [0.2, 0.25) is 0 Å². The summed E-state index contributed by atoms with van der Waals surface area (Å²) in [6, 6.07) is 7.90. The molecule has 1 amide bonds. The maximum Gasteiger partial charge on any atom is 0.272 e. The molecule has 1 N–H and O–H groups in total. The number of ether oxygens (including phenoxy) is 1. The van der Waals surface area contributed by atoms with E-state index in [-0.39, 0.29) is 5.91 Å². The van der Waals surface area contributed by atoms with Gasteiger partial charge in [0.2, 0.25) is 0 Å². The van der Waals surface area contributed by atoms with E-state index in [0.717, 1.165) is 47.4 Å². The molecule has 1 saturated heterocycles. The van der Waals surface area contributed by atoms with E-state index in [4.69, 9.17) is 4.74 Å². The maximum absolute atomic E-state index is 12.7. The van der Waals surface area contributed by atoms with Gasteiger partial charge in [-0.1, -0.05) is 26.0 Å². The summed E-state index contributed by atoms with van der Waals surface area (Å²) in [4.78, 5) is 15.3. The highest BCUT2D eigenvalue weighted by Gasteiger charge is 2.28. The number of amides is 1. The van der Waals surface area contributed by atoms with Gasteiger partial charge in [0.25, 0.3) is 5.91 Å². The lowest BCUT2D eigenvalue weighted by atomic mass is 9.92. The average molecular weight is 383 g/mol. The molecule has 0 saturated carbocycles. The molecule has 2 atom stereocenters. The lowest BCUT2D eigenvalue weighted by Crippen LogP contribution is -2.40. The number of carbonyl (C=O) groups is 1. The van der Waals surface area contributed by atoms with E-state index in [0.29, 0.717) is 18.8 Å². The summed E-state index contributed by atoms with van der Waals surface area (Å²) >= 11 is 0. The van der Waals surface area contributed by atoms with Gasteiger partial charge in [0.1, 0.15) is 12.4 Å². The smallest absolute Gasteiger partial charge is 0.272 e. The summed E-state index contributed by atoms with van der Waals surface area (Å²) in [7, 11) is 1.89. The summed E-state index contributed by atoms with van der Waals surface area (Å²) in [5.74, 6) is 2.26. The van der Waals surface area contributed by atoms with Crippen LogP contribution in [0, 0.1) is 11.8 Å². The first-order chi connectivity index (χ1) is 13.5. The second-order valence-electron chi connectivity index (χ2n) is 8.40. The number of likely N-dealkylation sites (tertiary alicyclic amines) is 1. The molecule has 6 heteroatoms. The molecule has 1 aromatic heterocycles. The molecule has 4 rings (SSSR count). The van der Waals surface area contributed by atoms with Crippen molar-refractivity contribution < 1.29 is 9.53 Å².